The van der Waals surface area contributed by atoms with E-state index in [9.17, 15) is 4.79 Å². The Balaban J connectivity index is 1.83. The van der Waals surface area contributed by atoms with Crippen molar-refractivity contribution >= 4 is 6.03 Å². The van der Waals surface area contributed by atoms with Gasteiger partial charge >= 0.3 is 6.03 Å². The molecule has 0 radical (unpaired) electrons. The molecular formula is C16H23N5O2. The lowest BCUT2D eigenvalue weighted by Crippen LogP contribution is -2.46. The highest BCUT2D eigenvalue weighted by atomic mass is 16.5. The van der Waals surface area contributed by atoms with Gasteiger partial charge in [0.1, 0.15) is 5.75 Å². The Morgan fingerprint density at radius 1 is 1.22 bits per heavy atom. The molecule has 2 N–H and O–H groups in total. The lowest BCUT2D eigenvalue weighted by molar-refractivity contribution is 0.227. The van der Waals surface area contributed by atoms with E-state index < -0.39 is 0 Å². The fourth-order valence-electron chi connectivity index (χ4n) is 2.08. The molecule has 0 aliphatic carbocycles. The van der Waals surface area contributed by atoms with Gasteiger partial charge in [-0.05, 0) is 23.6 Å². The SMILES string of the molecule is COc1ccc(CNC(=O)NC(Cn2nccn2)C(C)C)cc1. The molecule has 0 saturated heterocycles. The molecule has 0 spiro atoms. The molecule has 7 heteroatoms. The quantitative estimate of drug-likeness (QED) is 0.816. The molecule has 1 aromatic heterocycles. The standard InChI is InChI=1S/C16H23N5O2/c1-12(2)15(11-21-18-8-9-19-21)20-16(22)17-10-13-4-6-14(23-3)7-5-13/h4-9,12,15H,10-11H2,1-3H3,(H2,17,20,22). The van der Waals surface area contributed by atoms with Crippen molar-refractivity contribution in [1.29, 1.82) is 0 Å². The molecule has 23 heavy (non-hydrogen) atoms. The number of nitrogens with zero attached hydrogens (tertiary/aromatic N) is 3. The van der Waals surface area contributed by atoms with Gasteiger partial charge < -0.3 is 15.4 Å². The number of rotatable bonds is 7. The third kappa shape index (κ3) is 5.28. The summed E-state index contributed by atoms with van der Waals surface area (Å²) in [6.45, 7) is 5.11. The molecule has 1 unspecified atom stereocenters. The predicted molar refractivity (Wildman–Crippen MR) is 87.0 cm³/mol. The summed E-state index contributed by atoms with van der Waals surface area (Å²) >= 11 is 0. The second kappa shape index (κ2) is 8.17. The molecule has 1 atom stereocenters. The summed E-state index contributed by atoms with van der Waals surface area (Å²) in [5.41, 5.74) is 1.01. The van der Waals surface area contributed by atoms with Gasteiger partial charge in [-0.15, -0.1) is 0 Å². The first kappa shape index (κ1) is 16.8. The fourth-order valence-corrected chi connectivity index (χ4v) is 2.08. The Kier molecular flexibility index (Phi) is 5.96. The molecule has 0 fully saturated rings. The zero-order valence-electron chi connectivity index (χ0n) is 13.7. The first-order valence-electron chi connectivity index (χ1n) is 7.60. The van der Waals surface area contributed by atoms with Gasteiger partial charge in [-0.3, -0.25) is 0 Å². The van der Waals surface area contributed by atoms with E-state index in [4.69, 9.17) is 4.74 Å². The Morgan fingerprint density at radius 3 is 2.43 bits per heavy atom. The summed E-state index contributed by atoms with van der Waals surface area (Å²) in [6.07, 6.45) is 3.25. The summed E-state index contributed by atoms with van der Waals surface area (Å²) in [5.74, 6) is 1.07. The van der Waals surface area contributed by atoms with Crippen LogP contribution in [0.1, 0.15) is 19.4 Å². The van der Waals surface area contributed by atoms with Crippen LogP contribution < -0.4 is 15.4 Å². The normalized spacial score (nSPS) is 12.0. The van der Waals surface area contributed by atoms with Crippen LogP contribution in [0, 0.1) is 5.92 Å². The molecule has 1 heterocycles. The number of hydrogen-bond acceptors (Lipinski definition) is 4. The highest BCUT2D eigenvalue weighted by molar-refractivity contribution is 5.74. The van der Waals surface area contributed by atoms with E-state index in [2.05, 4.69) is 34.7 Å². The minimum Gasteiger partial charge on any atom is -0.497 e. The second-order valence-electron chi connectivity index (χ2n) is 5.61. The van der Waals surface area contributed by atoms with Crippen LogP contribution in [0.5, 0.6) is 5.75 Å². The van der Waals surface area contributed by atoms with Crippen LogP contribution in [-0.2, 0) is 13.1 Å². The number of amides is 2. The van der Waals surface area contributed by atoms with Crippen molar-refractivity contribution in [2.24, 2.45) is 5.92 Å². The Hall–Kier alpha value is -2.57. The third-order valence-corrected chi connectivity index (χ3v) is 3.56. The number of methoxy groups -OCH3 is 1. The number of ether oxygens (including phenoxy) is 1. The molecule has 0 aliphatic rings. The number of carbonyl (C=O) groups excluding carboxylic acids is 1. The molecule has 0 bridgehead atoms. The largest absolute Gasteiger partial charge is 0.497 e. The van der Waals surface area contributed by atoms with Gasteiger partial charge in [-0.2, -0.15) is 15.0 Å². The maximum atomic E-state index is 12.1. The summed E-state index contributed by atoms with van der Waals surface area (Å²) in [4.78, 5) is 13.7. The van der Waals surface area contributed by atoms with Crippen LogP contribution in [0.2, 0.25) is 0 Å². The summed E-state index contributed by atoms with van der Waals surface area (Å²) in [5, 5.41) is 14.0. The molecule has 7 nitrogen and oxygen atoms in total. The van der Waals surface area contributed by atoms with Gasteiger partial charge in [-0.25, -0.2) is 4.79 Å². The van der Waals surface area contributed by atoms with Crippen molar-refractivity contribution in [2.75, 3.05) is 7.11 Å². The maximum absolute atomic E-state index is 12.1. The van der Waals surface area contributed by atoms with Crippen LogP contribution >= 0.6 is 0 Å². The van der Waals surface area contributed by atoms with Gasteiger partial charge in [0, 0.05) is 6.54 Å². The second-order valence-corrected chi connectivity index (χ2v) is 5.61. The number of urea groups is 1. The summed E-state index contributed by atoms with van der Waals surface area (Å²) in [6, 6.07) is 7.34. The first-order chi connectivity index (χ1) is 11.1. The number of benzene rings is 1. The van der Waals surface area contributed by atoms with E-state index in [1.807, 2.05) is 24.3 Å². The lowest BCUT2D eigenvalue weighted by Gasteiger charge is -2.22. The van der Waals surface area contributed by atoms with Gasteiger partial charge in [0.05, 0.1) is 32.1 Å². The minimum atomic E-state index is -0.202. The topological polar surface area (TPSA) is 81.1 Å². The van der Waals surface area contributed by atoms with Crippen molar-refractivity contribution in [3.05, 3.63) is 42.2 Å². The van der Waals surface area contributed by atoms with Gasteiger partial charge in [0.2, 0.25) is 0 Å². The smallest absolute Gasteiger partial charge is 0.315 e. The highest BCUT2D eigenvalue weighted by Crippen LogP contribution is 2.11. The molecular weight excluding hydrogens is 294 g/mol. The van der Waals surface area contributed by atoms with E-state index in [1.165, 1.54) is 0 Å². The Morgan fingerprint density at radius 2 is 1.87 bits per heavy atom. The van der Waals surface area contributed by atoms with Crippen molar-refractivity contribution in [1.82, 2.24) is 25.6 Å². The predicted octanol–water partition coefficient (Wildman–Crippen LogP) is 1.81. The molecule has 124 valence electrons. The average Bonchev–Trinajstić information content (AvgIpc) is 3.06. The fraction of sp³-hybridized carbons (Fsp3) is 0.438. The van der Waals surface area contributed by atoms with Crippen LogP contribution in [-0.4, -0.2) is 34.2 Å². The van der Waals surface area contributed by atoms with Crippen LogP contribution in [0.3, 0.4) is 0 Å². The highest BCUT2D eigenvalue weighted by Gasteiger charge is 2.17. The number of hydrogen-bond donors (Lipinski definition) is 2. The molecule has 2 rings (SSSR count). The lowest BCUT2D eigenvalue weighted by atomic mass is 10.1. The zero-order valence-corrected chi connectivity index (χ0v) is 13.7. The molecule has 0 saturated carbocycles. The Bertz CT molecular complexity index is 595. The molecule has 2 amide bonds. The van der Waals surface area contributed by atoms with E-state index >= 15 is 0 Å². The van der Waals surface area contributed by atoms with Gasteiger partial charge in [0.15, 0.2) is 0 Å². The number of aromatic nitrogens is 3. The van der Waals surface area contributed by atoms with E-state index in [0.29, 0.717) is 13.1 Å². The maximum Gasteiger partial charge on any atom is 0.315 e. The first-order valence-corrected chi connectivity index (χ1v) is 7.60. The van der Waals surface area contributed by atoms with Gasteiger partial charge in [0.25, 0.3) is 0 Å². The molecule has 2 aromatic rings. The van der Waals surface area contributed by atoms with Crippen molar-refractivity contribution in [2.45, 2.75) is 33.0 Å². The van der Waals surface area contributed by atoms with Crippen molar-refractivity contribution in [3.8, 4) is 5.75 Å². The molecule has 1 aromatic carbocycles. The van der Waals surface area contributed by atoms with Gasteiger partial charge in [-0.1, -0.05) is 26.0 Å². The number of carbonyl (C=O) groups is 1. The van der Waals surface area contributed by atoms with Crippen LogP contribution in [0.25, 0.3) is 0 Å². The molecule has 0 aliphatic heterocycles. The van der Waals surface area contributed by atoms with Crippen molar-refractivity contribution < 1.29 is 9.53 Å². The summed E-state index contributed by atoms with van der Waals surface area (Å²) < 4.78 is 5.11. The van der Waals surface area contributed by atoms with Crippen LogP contribution in [0.4, 0.5) is 4.79 Å². The third-order valence-electron chi connectivity index (χ3n) is 3.56. The Labute approximate surface area is 136 Å². The average molecular weight is 317 g/mol. The van der Waals surface area contributed by atoms with E-state index in [-0.39, 0.29) is 18.0 Å². The monoisotopic (exact) mass is 317 g/mol. The number of nitrogens with one attached hydrogen (secondary N) is 2. The van der Waals surface area contributed by atoms with E-state index in [0.717, 1.165) is 11.3 Å². The van der Waals surface area contributed by atoms with Crippen molar-refractivity contribution in [3.63, 3.8) is 0 Å². The van der Waals surface area contributed by atoms with Crippen LogP contribution in [0.15, 0.2) is 36.7 Å². The van der Waals surface area contributed by atoms with E-state index in [1.54, 1.807) is 24.3 Å². The minimum absolute atomic E-state index is 0.0433. The zero-order chi connectivity index (χ0) is 16.7. The summed E-state index contributed by atoms with van der Waals surface area (Å²) in [7, 11) is 1.63.